The van der Waals surface area contributed by atoms with Crippen molar-refractivity contribution >= 4 is 33.3 Å². The summed E-state index contributed by atoms with van der Waals surface area (Å²) in [5, 5.41) is 2.75. The molecule has 0 unspecified atom stereocenters. The Morgan fingerprint density at radius 3 is 2.43 bits per heavy atom. The van der Waals surface area contributed by atoms with Gasteiger partial charge in [0.05, 0.1) is 22.8 Å². The Hall–Kier alpha value is -3.85. The van der Waals surface area contributed by atoms with Crippen molar-refractivity contribution in [2.24, 2.45) is 0 Å². The van der Waals surface area contributed by atoms with Crippen molar-refractivity contribution in [3.8, 4) is 5.75 Å². The van der Waals surface area contributed by atoms with Gasteiger partial charge in [0.25, 0.3) is 15.9 Å². The van der Waals surface area contributed by atoms with Crippen LogP contribution in [0.1, 0.15) is 40.4 Å². The van der Waals surface area contributed by atoms with E-state index in [0.717, 1.165) is 23.6 Å². The molecule has 1 aliphatic rings. The monoisotopic (exact) mass is 522 g/mol. The Morgan fingerprint density at radius 2 is 1.70 bits per heavy atom. The van der Waals surface area contributed by atoms with E-state index in [1.165, 1.54) is 30.3 Å². The SMILES string of the molecule is CCOc1ccc(N(C)S(=O)(=O)c2ccc(C)c(C(=O)OCC(=O)Nc3ccc4c(c3)CCC4)c2)cc1. The molecule has 3 aromatic carbocycles. The summed E-state index contributed by atoms with van der Waals surface area (Å²) in [6.07, 6.45) is 3.14. The maximum atomic E-state index is 13.3. The topological polar surface area (TPSA) is 102 Å². The van der Waals surface area contributed by atoms with Crippen molar-refractivity contribution in [3.63, 3.8) is 0 Å². The molecule has 1 amide bonds. The molecule has 0 fully saturated rings. The normalized spacial score (nSPS) is 12.5. The van der Waals surface area contributed by atoms with Crippen LogP contribution in [-0.4, -0.2) is 40.6 Å². The summed E-state index contributed by atoms with van der Waals surface area (Å²) in [5.41, 5.74) is 4.22. The van der Waals surface area contributed by atoms with Crippen LogP contribution in [0.5, 0.6) is 5.75 Å². The maximum absolute atomic E-state index is 13.3. The highest BCUT2D eigenvalue weighted by molar-refractivity contribution is 7.92. The molecule has 9 heteroatoms. The Balaban J connectivity index is 1.43. The molecule has 1 N–H and O–H groups in total. The van der Waals surface area contributed by atoms with Gasteiger partial charge in [0, 0.05) is 12.7 Å². The number of nitrogens with one attached hydrogen (secondary N) is 1. The van der Waals surface area contributed by atoms with E-state index in [0.29, 0.717) is 29.3 Å². The number of carbonyl (C=O) groups excluding carboxylic acids is 2. The number of hydrogen-bond acceptors (Lipinski definition) is 6. The summed E-state index contributed by atoms with van der Waals surface area (Å²) in [4.78, 5) is 25.1. The van der Waals surface area contributed by atoms with E-state index in [-0.39, 0.29) is 10.5 Å². The smallest absolute Gasteiger partial charge is 0.338 e. The van der Waals surface area contributed by atoms with Crippen LogP contribution in [0.15, 0.2) is 65.6 Å². The molecular formula is C28H30N2O6S. The van der Waals surface area contributed by atoms with Gasteiger partial charge < -0.3 is 14.8 Å². The number of carbonyl (C=O) groups is 2. The molecule has 0 saturated heterocycles. The van der Waals surface area contributed by atoms with Gasteiger partial charge in [-0.1, -0.05) is 12.1 Å². The predicted octanol–water partition coefficient (Wildman–Crippen LogP) is 4.50. The largest absolute Gasteiger partial charge is 0.494 e. The van der Waals surface area contributed by atoms with Crippen LogP contribution >= 0.6 is 0 Å². The first-order valence-corrected chi connectivity index (χ1v) is 13.5. The number of rotatable bonds is 9. The van der Waals surface area contributed by atoms with Gasteiger partial charge in [-0.3, -0.25) is 9.10 Å². The molecule has 0 bridgehead atoms. The van der Waals surface area contributed by atoms with Crippen molar-refractivity contribution < 1.29 is 27.5 Å². The Kier molecular flexibility index (Phi) is 7.83. The Bertz CT molecular complexity index is 1420. The van der Waals surface area contributed by atoms with Crippen LogP contribution in [0.4, 0.5) is 11.4 Å². The molecule has 0 atom stereocenters. The molecule has 0 radical (unpaired) electrons. The first kappa shape index (κ1) is 26.2. The predicted molar refractivity (Wildman–Crippen MR) is 142 cm³/mol. The summed E-state index contributed by atoms with van der Waals surface area (Å²) in [6, 6.07) is 16.7. The van der Waals surface area contributed by atoms with E-state index in [9.17, 15) is 18.0 Å². The summed E-state index contributed by atoms with van der Waals surface area (Å²) in [6.45, 7) is 3.56. The van der Waals surface area contributed by atoms with Crippen LogP contribution in [0.3, 0.4) is 0 Å². The average molecular weight is 523 g/mol. The Labute approximate surface area is 217 Å². The van der Waals surface area contributed by atoms with Crippen molar-refractivity contribution in [2.75, 3.05) is 29.9 Å². The first-order chi connectivity index (χ1) is 17.7. The molecule has 0 aliphatic heterocycles. The minimum Gasteiger partial charge on any atom is -0.494 e. The van der Waals surface area contributed by atoms with Crippen LogP contribution in [0, 0.1) is 6.92 Å². The molecule has 0 heterocycles. The zero-order valence-electron chi connectivity index (χ0n) is 21.1. The average Bonchev–Trinajstić information content (AvgIpc) is 3.35. The van der Waals surface area contributed by atoms with Crippen molar-refractivity contribution in [2.45, 2.75) is 38.0 Å². The molecule has 1 aliphatic carbocycles. The van der Waals surface area contributed by atoms with Gasteiger partial charge in [-0.05, 0) is 98.3 Å². The zero-order chi connectivity index (χ0) is 26.6. The van der Waals surface area contributed by atoms with Crippen LogP contribution in [0.25, 0.3) is 0 Å². The highest BCUT2D eigenvalue weighted by Crippen LogP contribution is 2.27. The first-order valence-electron chi connectivity index (χ1n) is 12.1. The van der Waals surface area contributed by atoms with Crippen molar-refractivity contribution in [1.82, 2.24) is 0 Å². The third kappa shape index (κ3) is 5.94. The van der Waals surface area contributed by atoms with Gasteiger partial charge in [-0.2, -0.15) is 0 Å². The number of nitrogens with zero attached hydrogens (tertiary/aromatic N) is 1. The highest BCUT2D eigenvalue weighted by atomic mass is 32.2. The van der Waals surface area contributed by atoms with E-state index in [1.54, 1.807) is 37.3 Å². The van der Waals surface area contributed by atoms with Gasteiger partial charge in [-0.25, -0.2) is 13.2 Å². The molecule has 3 aromatic rings. The maximum Gasteiger partial charge on any atom is 0.338 e. The minimum absolute atomic E-state index is 0.0657. The third-order valence-electron chi connectivity index (χ3n) is 6.32. The van der Waals surface area contributed by atoms with Gasteiger partial charge in [0.15, 0.2) is 6.61 Å². The number of esters is 1. The van der Waals surface area contributed by atoms with Crippen molar-refractivity contribution in [1.29, 1.82) is 0 Å². The number of hydrogen-bond donors (Lipinski definition) is 1. The fourth-order valence-corrected chi connectivity index (χ4v) is 5.48. The third-order valence-corrected chi connectivity index (χ3v) is 8.10. The van der Waals surface area contributed by atoms with Crippen LogP contribution < -0.4 is 14.4 Å². The van der Waals surface area contributed by atoms with Gasteiger partial charge in [-0.15, -0.1) is 0 Å². The fourth-order valence-electron chi connectivity index (χ4n) is 4.25. The lowest BCUT2D eigenvalue weighted by Crippen LogP contribution is -2.27. The number of aryl methyl sites for hydroxylation is 3. The number of amides is 1. The number of sulfonamides is 1. The molecule has 0 spiro atoms. The van der Waals surface area contributed by atoms with Crippen molar-refractivity contribution in [3.05, 3.63) is 82.9 Å². The molecule has 4 rings (SSSR count). The standard InChI is InChI=1S/C28H30N2O6S/c1-4-35-24-13-11-23(12-14-24)30(3)37(33,34)25-15-8-19(2)26(17-25)28(32)36-18-27(31)29-22-10-9-20-6-5-7-21(20)16-22/h8-17H,4-7,18H2,1-3H3,(H,29,31). The van der Waals surface area contributed by atoms with Crippen LogP contribution in [0.2, 0.25) is 0 Å². The second-order valence-corrected chi connectivity index (χ2v) is 10.8. The highest BCUT2D eigenvalue weighted by Gasteiger charge is 2.24. The quantitative estimate of drug-likeness (QED) is 0.415. The second-order valence-electron chi connectivity index (χ2n) is 8.84. The van der Waals surface area contributed by atoms with E-state index < -0.39 is 28.5 Å². The Morgan fingerprint density at radius 1 is 0.973 bits per heavy atom. The molecule has 0 saturated carbocycles. The van der Waals surface area contributed by atoms with Gasteiger partial charge in [0.1, 0.15) is 5.75 Å². The van der Waals surface area contributed by atoms with Gasteiger partial charge >= 0.3 is 5.97 Å². The van der Waals surface area contributed by atoms with E-state index in [2.05, 4.69) is 5.32 Å². The summed E-state index contributed by atoms with van der Waals surface area (Å²) in [5.74, 6) is -0.608. The number of benzene rings is 3. The van der Waals surface area contributed by atoms with Gasteiger partial charge in [0.2, 0.25) is 0 Å². The molecule has 194 valence electrons. The zero-order valence-corrected chi connectivity index (χ0v) is 21.9. The van der Waals surface area contributed by atoms with E-state index >= 15 is 0 Å². The summed E-state index contributed by atoms with van der Waals surface area (Å²) < 4.78 is 38.3. The lowest BCUT2D eigenvalue weighted by molar-refractivity contribution is -0.119. The number of anilines is 2. The fraction of sp³-hybridized carbons (Fsp3) is 0.286. The molecule has 0 aromatic heterocycles. The molecular weight excluding hydrogens is 492 g/mol. The summed E-state index contributed by atoms with van der Waals surface area (Å²) >= 11 is 0. The lowest BCUT2D eigenvalue weighted by Gasteiger charge is -2.20. The summed E-state index contributed by atoms with van der Waals surface area (Å²) in [7, 11) is -2.52. The molecule has 37 heavy (non-hydrogen) atoms. The van der Waals surface area contributed by atoms with E-state index in [4.69, 9.17) is 9.47 Å². The van der Waals surface area contributed by atoms with Crippen LogP contribution in [-0.2, 0) is 32.4 Å². The minimum atomic E-state index is -3.96. The molecule has 8 nitrogen and oxygen atoms in total. The second kappa shape index (κ2) is 11.0. The number of ether oxygens (including phenoxy) is 2. The van der Waals surface area contributed by atoms with E-state index in [1.807, 2.05) is 25.1 Å². The number of fused-ring (bicyclic) bond motifs is 1. The lowest BCUT2D eigenvalue weighted by atomic mass is 10.1.